The van der Waals surface area contributed by atoms with Crippen LogP contribution in [-0.4, -0.2) is 24.6 Å². The summed E-state index contributed by atoms with van der Waals surface area (Å²) in [5, 5.41) is 0.772. The molecule has 0 atom stereocenters. The molecule has 2 N–H and O–H groups in total. The highest BCUT2D eigenvalue weighted by atomic mass is 32.2. The number of primary amides is 1. The molecule has 0 unspecified atom stereocenters. The van der Waals surface area contributed by atoms with Gasteiger partial charge in [-0.15, -0.1) is 0 Å². The molecule has 0 radical (unpaired) electrons. The van der Waals surface area contributed by atoms with Gasteiger partial charge < -0.3 is 10.3 Å². The Morgan fingerprint density at radius 3 is 2.11 bits per heavy atom. The Bertz CT molecular complexity index is 1490. The van der Waals surface area contributed by atoms with Gasteiger partial charge in [-0.3, -0.25) is 4.79 Å². The number of alkyl halides is 3. The number of amides is 1. The number of aromatic nitrogens is 1. The summed E-state index contributed by atoms with van der Waals surface area (Å²) in [6, 6.07) is 18.6. The highest BCUT2D eigenvalue weighted by Gasteiger charge is 2.30. The van der Waals surface area contributed by atoms with E-state index in [0.717, 1.165) is 34.3 Å². The number of hydrogen-bond acceptors (Lipinski definition) is 3. The average Bonchev–Trinajstić information content (AvgIpc) is 3.15. The summed E-state index contributed by atoms with van der Waals surface area (Å²) in [6.07, 6.45) is -3.96. The first-order valence-corrected chi connectivity index (χ1v) is 12.5. The van der Waals surface area contributed by atoms with Gasteiger partial charge in [-0.05, 0) is 59.7 Å². The fraction of sp³-hybridized carbons (Fsp3) is 0.192. The molecule has 0 fully saturated rings. The molecule has 5 nitrogen and oxygen atoms in total. The van der Waals surface area contributed by atoms with Gasteiger partial charge in [0.05, 0.1) is 16.2 Å². The van der Waals surface area contributed by atoms with Crippen molar-refractivity contribution >= 4 is 26.6 Å². The average molecular weight is 501 g/mol. The largest absolute Gasteiger partial charge is 0.416 e. The molecule has 0 aliphatic rings. The molecule has 182 valence electrons. The molecule has 4 aromatic rings. The molecular weight excluding hydrogens is 477 g/mol. The van der Waals surface area contributed by atoms with E-state index in [2.05, 4.69) is 0 Å². The number of nitrogens with zero attached hydrogens (tertiary/aromatic N) is 1. The Morgan fingerprint density at radius 1 is 0.914 bits per heavy atom. The van der Waals surface area contributed by atoms with Crippen molar-refractivity contribution in [3.8, 4) is 0 Å². The number of rotatable bonds is 7. The second-order valence-electron chi connectivity index (χ2n) is 8.28. The fourth-order valence-electron chi connectivity index (χ4n) is 3.99. The molecule has 0 spiro atoms. The molecule has 1 heterocycles. The first-order valence-electron chi connectivity index (χ1n) is 10.9. The predicted molar refractivity (Wildman–Crippen MR) is 128 cm³/mol. The summed E-state index contributed by atoms with van der Waals surface area (Å²) in [4.78, 5) is 11.9. The van der Waals surface area contributed by atoms with E-state index in [0.29, 0.717) is 24.1 Å². The number of hydrogen-bond donors (Lipinski definition) is 1. The van der Waals surface area contributed by atoms with Crippen LogP contribution in [0.4, 0.5) is 13.2 Å². The zero-order chi connectivity index (χ0) is 25.4. The van der Waals surface area contributed by atoms with E-state index >= 15 is 0 Å². The van der Waals surface area contributed by atoms with Gasteiger partial charge >= 0.3 is 6.18 Å². The Balaban J connectivity index is 1.73. The first-order chi connectivity index (χ1) is 16.5. The van der Waals surface area contributed by atoms with E-state index in [1.807, 2.05) is 10.6 Å². The minimum absolute atomic E-state index is 0.00983. The van der Waals surface area contributed by atoms with Gasteiger partial charge in [0.15, 0.2) is 9.84 Å². The summed E-state index contributed by atoms with van der Waals surface area (Å²) in [5.74, 6) is -0.549. The number of carbonyl (C=O) groups excluding carboxylic acids is 1. The second-order valence-corrected chi connectivity index (χ2v) is 10.6. The quantitative estimate of drug-likeness (QED) is 0.379. The number of carbonyl (C=O) groups is 1. The lowest BCUT2D eigenvalue weighted by molar-refractivity contribution is -0.137. The minimum atomic E-state index is -4.41. The normalized spacial score (nSPS) is 12.2. The van der Waals surface area contributed by atoms with Crippen LogP contribution in [0.1, 0.15) is 39.7 Å². The van der Waals surface area contributed by atoms with Crippen LogP contribution in [0, 0.1) is 0 Å². The number of halogens is 3. The van der Waals surface area contributed by atoms with Crippen LogP contribution in [0.15, 0.2) is 77.7 Å². The van der Waals surface area contributed by atoms with Gasteiger partial charge in [0.1, 0.15) is 0 Å². The minimum Gasteiger partial charge on any atom is -0.366 e. The van der Waals surface area contributed by atoms with Crippen LogP contribution in [0.5, 0.6) is 0 Å². The van der Waals surface area contributed by atoms with Crippen molar-refractivity contribution in [1.29, 1.82) is 0 Å². The summed E-state index contributed by atoms with van der Waals surface area (Å²) in [6.45, 7) is 1.90. The third kappa shape index (κ3) is 5.24. The van der Waals surface area contributed by atoms with Gasteiger partial charge in [-0.25, -0.2) is 8.42 Å². The van der Waals surface area contributed by atoms with Crippen molar-refractivity contribution in [3.63, 3.8) is 0 Å². The topological polar surface area (TPSA) is 82.2 Å². The number of benzene rings is 3. The lowest BCUT2D eigenvalue weighted by atomic mass is 10.1. The van der Waals surface area contributed by atoms with Crippen molar-refractivity contribution in [2.45, 2.75) is 31.0 Å². The molecule has 0 bridgehead atoms. The maximum atomic E-state index is 13.0. The monoisotopic (exact) mass is 500 g/mol. The lowest BCUT2D eigenvalue weighted by Gasteiger charge is -2.13. The van der Waals surface area contributed by atoms with E-state index in [1.165, 1.54) is 12.1 Å². The van der Waals surface area contributed by atoms with Crippen LogP contribution in [0.3, 0.4) is 0 Å². The zero-order valence-corrected chi connectivity index (χ0v) is 19.7. The third-order valence-corrected chi connectivity index (χ3v) is 7.69. The Labute approximate surface area is 200 Å². The molecule has 9 heteroatoms. The van der Waals surface area contributed by atoms with Crippen molar-refractivity contribution in [3.05, 3.63) is 101 Å². The van der Waals surface area contributed by atoms with E-state index in [4.69, 9.17) is 5.73 Å². The smallest absolute Gasteiger partial charge is 0.366 e. The Kier molecular flexibility index (Phi) is 6.46. The highest BCUT2D eigenvalue weighted by Crippen LogP contribution is 2.30. The summed E-state index contributed by atoms with van der Waals surface area (Å²) in [7, 11) is -3.31. The maximum absolute atomic E-state index is 13.0. The van der Waals surface area contributed by atoms with E-state index in [-0.39, 0.29) is 10.6 Å². The van der Waals surface area contributed by atoms with Gasteiger partial charge in [-0.1, -0.05) is 31.2 Å². The molecule has 1 aromatic heterocycles. The molecule has 3 aromatic carbocycles. The van der Waals surface area contributed by atoms with Gasteiger partial charge in [0.25, 0.3) is 0 Å². The summed E-state index contributed by atoms with van der Waals surface area (Å²) in [5.41, 5.74) is 8.26. The van der Waals surface area contributed by atoms with Gasteiger partial charge in [0, 0.05) is 35.1 Å². The SMILES string of the molecule is CCS(=O)(=O)c1ccc(Cc2cc3cc(C(N)=O)ccc3n2Cc2ccc(C(F)(F)F)cc2)cc1. The number of fused-ring (bicyclic) bond motifs is 1. The van der Waals surface area contributed by atoms with Gasteiger partial charge in [-0.2, -0.15) is 13.2 Å². The van der Waals surface area contributed by atoms with Crippen LogP contribution in [-0.2, 0) is 29.0 Å². The van der Waals surface area contributed by atoms with Crippen molar-refractivity contribution in [1.82, 2.24) is 4.57 Å². The number of nitrogens with two attached hydrogens (primary N) is 1. The van der Waals surface area contributed by atoms with Crippen molar-refractivity contribution < 1.29 is 26.4 Å². The Hall–Kier alpha value is -3.59. The van der Waals surface area contributed by atoms with E-state index in [9.17, 15) is 26.4 Å². The molecule has 1 amide bonds. The number of sulfone groups is 1. The Morgan fingerprint density at radius 2 is 1.54 bits per heavy atom. The molecule has 35 heavy (non-hydrogen) atoms. The third-order valence-electron chi connectivity index (χ3n) is 5.94. The standard InChI is InChI=1S/C26H23F3N2O3S/c1-2-35(33,34)23-10-5-17(6-11-23)13-22-15-20-14-19(25(30)32)7-12-24(20)31(22)16-18-3-8-21(9-4-18)26(27,28)29/h3-12,14-15H,2,13,16H2,1H3,(H2,30,32). The van der Waals surface area contributed by atoms with Crippen LogP contribution >= 0.6 is 0 Å². The van der Waals surface area contributed by atoms with Crippen LogP contribution in [0.25, 0.3) is 10.9 Å². The second kappa shape index (κ2) is 9.22. The molecule has 0 saturated heterocycles. The molecule has 0 aliphatic carbocycles. The maximum Gasteiger partial charge on any atom is 0.416 e. The molecular formula is C26H23F3N2O3S. The van der Waals surface area contributed by atoms with Crippen LogP contribution < -0.4 is 5.73 Å². The fourth-order valence-corrected chi connectivity index (χ4v) is 4.87. The van der Waals surface area contributed by atoms with Crippen molar-refractivity contribution in [2.75, 3.05) is 5.75 Å². The molecule has 0 saturated carbocycles. The van der Waals surface area contributed by atoms with E-state index < -0.39 is 27.5 Å². The highest BCUT2D eigenvalue weighted by molar-refractivity contribution is 7.91. The predicted octanol–water partition coefficient (Wildman–Crippen LogP) is 5.19. The first kappa shape index (κ1) is 24.5. The molecule has 4 rings (SSSR count). The van der Waals surface area contributed by atoms with Crippen LogP contribution in [0.2, 0.25) is 0 Å². The zero-order valence-electron chi connectivity index (χ0n) is 18.8. The summed E-state index contributed by atoms with van der Waals surface area (Å²) < 4.78 is 65.1. The van der Waals surface area contributed by atoms with Gasteiger partial charge in [0.2, 0.25) is 5.91 Å². The van der Waals surface area contributed by atoms with E-state index in [1.54, 1.807) is 49.4 Å². The van der Waals surface area contributed by atoms with Crippen molar-refractivity contribution in [2.24, 2.45) is 5.73 Å². The summed E-state index contributed by atoms with van der Waals surface area (Å²) >= 11 is 0. The molecule has 0 aliphatic heterocycles. The lowest BCUT2D eigenvalue weighted by Crippen LogP contribution is -2.10.